The standard InChI is InChI=1S/C11H16N4O3/c1-3-13-8(16)6-15(2)10-9(12)7(11(17)18)4-5-14-10/h4-5H,3,6,12H2,1-2H3,(H,13,16)(H,17,18). The highest BCUT2D eigenvalue weighted by Crippen LogP contribution is 2.22. The van der Waals surface area contributed by atoms with Gasteiger partial charge in [0, 0.05) is 19.8 Å². The third kappa shape index (κ3) is 3.09. The molecule has 4 N–H and O–H groups in total. The van der Waals surface area contributed by atoms with E-state index in [1.54, 1.807) is 7.05 Å². The second-order valence-corrected chi connectivity index (χ2v) is 3.71. The molecule has 0 unspecified atom stereocenters. The number of nitrogens with one attached hydrogen (secondary N) is 1. The number of amides is 1. The maximum Gasteiger partial charge on any atom is 0.337 e. The molecule has 7 nitrogen and oxygen atoms in total. The van der Waals surface area contributed by atoms with Crippen molar-refractivity contribution in [3.8, 4) is 0 Å². The molecule has 0 aromatic carbocycles. The van der Waals surface area contributed by atoms with Gasteiger partial charge in [0.2, 0.25) is 5.91 Å². The van der Waals surface area contributed by atoms with Crippen LogP contribution in [0.5, 0.6) is 0 Å². The number of nitrogen functional groups attached to an aromatic ring is 1. The van der Waals surface area contributed by atoms with Crippen LogP contribution in [0.3, 0.4) is 0 Å². The van der Waals surface area contributed by atoms with E-state index in [0.29, 0.717) is 6.54 Å². The summed E-state index contributed by atoms with van der Waals surface area (Å²) in [7, 11) is 1.62. The molecule has 0 aliphatic carbocycles. The molecule has 98 valence electrons. The number of hydrogen-bond acceptors (Lipinski definition) is 5. The van der Waals surface area contributed by atoms with Crippen LogP contribution in [-0.2, 0) is 4.79 Å². The number of pyridine rings is 1. The van der Waals surface area contributed by atoms with Crippen LogP contribution in [-0.4, -0.2) is 42.1 Å². The summed E-state index contributed by atoms with van der Waals surface area (Å²) in [6.07, 6.45) is 1.35. The summed E-state index contributed by atoms with van der Waals surface area (Å²) in [5.74, 6) is -1.02. The fourth-order valence-corrected chi connectivity index (χ4v) is 1.50. The van der Waals surface area contributed by atoms with E-state index < -0.39 is 5.97 Å². The van der Waals surface area contributed by atoms with Gasteiger partial charge < -0.3 is 21.1 Å². The molecule has 1 heterocycles. The van der Waals surface area contributed by atoms with Gasteiger partial charge in [-0.2, -0.15) is 0 Å². The van der Waals surface area contributed by atoms with E-state index >= 15 is 0 Å². The molecule has 0 fully saturated rings. The van der Waals surface area contributed by atoms with Crippen LogP contribution in [0.15, 0.2) is 12.3 Å². The first kappa shape index (κ1) is 13.8. The van der Waals surface area contributed by atoms with E-state index in [0.717, 1.165) is 0 Å². The number of carbonyl (C=O) groups is 2. The maximum atomic E-state index is 11.4. The van der Waals surface area contributed by atoms with Crippen molar-refractivity contribution in [2.45, 2.75) is 6.92 Å². The van der Waals surface area contributed by atoms with Crippen molar-refractivity contribution in [3.05, 3.63) is 17.8 Å². The predicted octanol–water partition coefficient (Wildman–Crippen LogP) is -0.0657. The van der Waals surface area contributed by atoms with Crippen LogP contribution in [0.25, 0.3) is 0 Å². The highest BCUT2D eigenvalue weighted by atomic mass is 16.4. The monoisotopic (exact) mass is 252 g/mol. The Labute approximate surface area is 105 Å². The SMILES string of the molecule is CCNC(=O)CN(C)c1nccc(C(=O)O)c1N. The maximum absolute atomic E-state index is 11.4. The number of nitrogens with zero attached hydrogens (tertiary/aromatic N) is 2. The third-order valence-corrected chi connectivity index (χ3v) is 2.32. The molecule has 1 amide bonds. The van der Waals surface area contributed by atoms with Gasteiger partial charge in [-0.3, -0.25) is 4.79 Å². The molecule has 1 aromatic rings. The average Bonchev–Trinajstić information content (AvgIpc) is 2.28. The number of hydrogen-bond donors (Lipinski definition) is 3. The van der Waals surface area contributed by atoms with Crippen molar-refractivity contribution in [2.75, 3.05) is 30.8 Å². The summed E-state index contributed by atoms with van der Waals surface area (Å²) in [6, 6.07) is 1.32. The van der Waals surface area contributed by atoms with Crippen molar-refractivity contribution in [1.82, 2.24) is 10.3 Å². The third-order valence-electron chi connectivity index (χ3n) is 2.32. The molecule has 0 saturated carbocycles. The summed E-state index contributed by atoms with van der Waals surface area (Å²) in [4.78, 5) is 27.8. The van der Waals surface area contributed by atoms with Crippen LogP contribution in [0, 0.1) is 0 Å². The zero-order valence-corrected chi connectivity index (χ0v) is 10.3. The first-order valence-electron chi connectivity index (χ1n) is 5.43. The summed E-state index contributed by atoms with van der Waals surface area (Å²) in [5, 5.41) is 11.6. The molecular weight excluding hydrogens is 236 g/mol. The van der Waals surface area contributed by atoms with Crippen molar-refractivity contribution in [2.24, 2.45) is 0 Å². The average molecular weight is 252 g/mol. The van der Waals surface area contributed by atoms with E-state index in [2.05, 4.69) is 10.3 Å². The smallest absolute Gasteiger partial charge is 0.337 e. The molecule has 1 rings (SSSR count). The number of anilines is 2. The van der Waals surface area contributed by atoms with E-state index in [4.69, 9.17) is 10.8 Å². The second kappa shape index (κ2) is 5.85. The minimum Gasteiger partial charge on any atom is -0.478 e. The molecule has 1 aromatic heterocycles. The zero-order chi connectivity index (χ0) is 13.7. The fourth-order valence-electron chi connectivity index (χ4n) is 1.50. The van der Waals surface area contributed by atoms with Crippen LogP contribution in [0.2, 0.25) is 0 Å². The molecule has 0 aliphatic rings. The summed E-state index contributed by atoms with van der Waals surface area (Å²) in [6.45, 7) is 2.41. The van der Waals surface area contributed by atoms with E-state index in [1.807, 2.05) is 6.92 Å². The number of aromatic nitrogens is 1. The molecule has 0 aliphatic heterocycles. The minimum atomic E-state index is -1.12. The lowest BCUT2D eigenvalue weighted by Crippen LogP contribution is -2.35. The first-order valence-corrected chi connectivity index (χ1v) is 5.43. The lowest BCUT2D eigenvalue weighted by Gasteiger charge is -2.19. The molecule has 0 saturated heterocycles. The number of rotatable bonds is 5. The Bertz CT molecular complexity index is 462. The first-order chi connectivity index (χ1) is 8.47. The molecular formula is C11H16N4O3. The molecule has 0 spiro atoms. The summed E-state index contributed by atoms with van der Waals surface area (Å²) in [5.41, 5.74) is 5.75. The number of carbonyl (C=O) groups excluding carboxylic acids is 1. The summed E-state index contributed by atoms with van der Waals surface area (Å²) >= 11 is 0. The summed E-state index contributed by atoms with van der Waals surface area (Å²) < 4.78 is 0. The normalized spacial score (nSPS) is 9.89. The number of carboxylic acids is 1. The van der Waals surface area contributed by atoms with Gasteiger partial charge in [-0.15, -0.1) is 0 Å². The van der Waals surface area contributed by atoms with Crippen LogP contribution in [0.1, 0.15) is 17.3 Å². The van der Waals surface area contributed by atoms with Crippen LogP contribution < -0.4 is 16.0 Å². The van der Waals surface area contributed by atoms with Crippen molar-refractivity contribution in [3.63, 3.8) is 0 Å². The van der Waals surface area contributed by atoms with Gasteiger partial charge in [0.1, 0.15) is 0 Å². The topological polar surface area (TPSA) is 109 Å². The van der Waals surface area contributed by atoms with Crippen molar-refractivity contribution < 1.29 is 14.7 Å². The highest BCUT2D eigenvalue weighted by molar-refractivity contribution is 5.96. The van der Waals surface area contributed by atoms with E-state index in [1.165, 1.54) is 17.2 Å². The predicted molar refractivity (Wildman–Crippen MR) is 67.6 cm³/mol. The Morgan fingerprint density at radius 1 is 1.56 bits per heavy atom. The Kier molecular flexibility index (Phi) is 4.47. The Morgan fingerprint density at radius 2 is 2.22 bits per heavy atom. The number of likely N-dealkylation sites (N-methyl/N-ethyl adjacent to an activating group) is 2. The van der Waals surface area contributed by atoms with Crippen LogP contribution >= 0.6 is 0 Å². The Hall–Kier alpha value is -2.31. The largest absolute Gasteiger partial charge is 0.478 e. The van der Waals surface area contributed by atoms with Gasteiger partial charge in [-0.05, 0) is 13.0 Å². The van der Waals surface area contributed by atoms with Gasteiger partial charge in [-0.1, -0.05) is 0 Å². The second-order valence-electron chi connectivity index (χ2n) is 3.71. The van der Waals surface area contributed by atoms with E-state index in [-0.39, 0.29) is 29.5 Å². The van der Waals surface area contributed by atoms with Crippen molar-refractivity contribution in [1.29, 1.82) is 0 Å². The number of carboxylic acid groups (broad SMARTS) is 1. The van der Waals surface area contributed by atoms with Gasteiger partial charge >= 0.3 is 5.97 Å². The number of nitrogens with two attached hydrogens (primary N) is 1. The van der Waals surface area contributed by atoms with Gasteiger partial charge in [0.05, 0.1) is 17.8 Å². The molecule has 7 heteroatoms. The molecule has 0 atom stereocenters. The van der Waals surface area contributed by atoms with E-state index in [9.17, 15) is 9.59 Å². The molecule has 18 heavy (non-hydrogen) atoms. The van der Waals surface area contributed by atoms with Gasteiger partial charge in [-0.25, -0.2) is 9.78 Å². The van der Waals surface area contributed by atoms with Crippen molar-refractivity contribution >= 4 is 23.4 Å². The van der Waals surface area contributed by atoms with Crippen LogP contribution in [0.4, 0.5) is 11.5 Å². The highest BCUT2D eigenvalue weighted by Gasteiger charge is 2.16. The lowest BCUT2D eigenvalue weighted by atomic mass is 10.2. The van der Waals surface area contributed by atoms with Gasteiger partial charge in [0.15, 0.2) is 5.82 Å². The Balaban J connectivity index is 2.92. The van der Waals surface area contributed by atoms with Gasteiger partial charge in [0.25, 0.3) is 0 Å². The number of aromatic carboxylic acids is 1. The lowest BCUT2D eigenvalue weighted by molar-refractivity contribution is -0.119. The molecule has 0 radical (unpaired) electrons. The minimum absolute atomic E-state index is 0.0252. The quantitative estimate of drug-likeness (QED) is 0.677. The Morgan fingerprint density at radius 3 is 2.78 bits per heavy atom. The fraction of sp³-hybridized carbons (Fsp3) is 0.364. The zero-order valence-electron chi connectivity index (χ0n) is 10.3. The molecule has 0 bridgehead atoms.